The van der Waals surface area contributed by atoms with Crippen molar-refractivity contribution in [2.45, 2.75) is 44.8 Å². The number of amides is 1. The molecule has 1 fully saturated rings. The third-order valence-electron chi connectivity index (χ3n) is 3.32. The zero-order valence-electron chi connectivity index (χ0n) is 9.89. The highest BCUT2D eigenvalue weighted by atomic mass is 19.4. The van der Waals surface area contributed by atoms with Crippen LogP contribution in [0.3, 0.4) is 0 Å². The molecule has 0 aromatic heterocycles. The van der Waals surface area contributed by atoms with Crippen molar-refractivity contribution in [1.29, 1.82) is 0 Å². The Morgan fingerprint density at radius 2 is 2.00 bits per heavy atom. The van der Waals surface area contributed by atoms with Gasteiger partial charge in [0.2, 0.25) is 5.91 Å². The number of hydrogen-bond acceptors (Lipinski definition) is 2. The summed E-state index contributed by atoms with van der Waals surface area (Å²) in [6, 6.07) is -0.787. The minimum atomic E-state index is -4.23. The summed E-state index contributed by atoms with van der Waals surface area (Å²) in [4.78, 5) is 11.6. The lowest BCUT2D eigenvalue weighted by atomic mass is 9.83. The van der Waals surface area contributed by atoms with Crippen molar-refractivity contribution in [1.82, 2.24) is 5.32 Å². The van der Waals surface area contributed by atoms with Crippen LogP contribution in [-0.4, -0.2) is 24.7 Å². The average Bonchev–Trinajstić information content (AvgIpc) is 2.27. The second-order valence-corrected chi connectivity index (χ2v) is 4.68. The number of nitrogens with two attached hydrogens (primary N) is 1. The molecule has 3 unspecified atom stereocenters. The Morgan fingerprint density at radius 1 is 1.41 bits per heavy atom. The minimum absolute atomic E-state index is 0.103. The molecule has 0 saturated heterocycles. The van der Waals surface area contributed by atoms with Crippen molar-refractivity contribution in [3.8, 4) is 0 Å². The predicted molar refractivity (Wildman–Crippen MR) is 58.2 cm³/mol. The molecule has 0 spiro atoms. The van der Waals surface area contributed by atoms with Gasteiger partial charge in [-0.2, -0.15) is 13.2 Å². The van der Waals surface area contributed by atoms with Crippen molar-refractivity contribution in [3.05, 3.63) is 0 Å². The van der Waals surface area contributed by atoms with Gasteiger partial charge in [0.05, 0.1) is 5.92 Å². The molecule has 1 amide bonds. The van der Waals surface area contributed by atoms with Crippen LogP contribution in [0.2, 0.25) is 0 Å². The van der Waals surface area contributed by atoms with Crippen LogP contribution in [0.15, 0.2) is 0 Å². The first-order chi connectivity index (χ1) is 7.86. The first-order valence-electron chi connectivity index (χ1n) is 5.93. The lowest BCUT2D eigenvalue weighted by molar-refractivity contribution is -0.189. The average molecular weight is 252 g/mol. The molecule has 0 aliphatic heterocycles. The molecule has 3 atom stereocenters. The molecule has 100 valence electrons. The maximum Gasteiger partial charge on any atom is 0.393 e. The Balaban J connectivity index is 2.63. The molecule has 17 heavy (non-hydrogen) atoms. The van der Waals surface area contributed by atoms with Gasteiger partial charge in [-0.15, -0.1) is 0 Å². The molecule has 1 saturated carbocycles. The highest BCUT2D eigenvalue weighted by Crippen LogP contribution is 2.37. The second-order valence-electron chi connectivity index (χ2n) is 4.68. The van der Waals surface area contributed by atoms with Crippen LogP contribution in [0.25, 0.3) is 0 Å². The minimum Gasteiger partial charge on any atom is -0.352 e. The Morgan fingerprint density at radius 3 is 2.53 bits per heavy atom. The molecule has 1 aliphatic rings. The Bertz CT molecular complexity index is 268. The van der Waals surface area contributed by atoms with Crippen LogP contribution >= 0.6 is 0 Å². The van der Waals surface area contributed by atoms with Gasteiger partial charge in [-0.05, 0) is 12.8 Å². The molecule has 0 aromatic carbocycles. The van der Waals surface area contributed by atoms with Gasteiger partial charge in [0.15, 0.2) is 0 Å². The molecule has 1 rings (SSSR count). The molecule has 6 heteroatoms. The fraction of sp³-hybridized carbons (Fsp3) is 0.909. The van der Waals surface area contributed by atoms with E-state index in [1.54, 1.807) is 6.92 Å². The summed E-state index contributed by atoms with van der Waals surface area (Å²) in [6.45, 7) is 1.76. The topological polar surface area (TPSA) is 55.1 Å². The first-order valence-corrected chi connectivity index (χ1v) is 5.93. The Labute approximate surface area is 98.9 Å². The SMILES string of the molecule is CC(CN)C(=O)NC1CCCCC1C(F)(F)F. The molecular weight excluding hydrogens is 233 g/mol. The van der Waals surface area contributed by atoms with E-state index in [-0.39, 0.29) is 18.9 Å². The van der Waals surface area contributed by atoms with Crippen molar-refractivity contribution in [2.75, 3.05) is 6.54 Å². The molecule has 3 N–H and O–H groups in total. The van der Waals surface area contributed by atoms with Crippen molar-refractivity contribution >= 4 is 5.91 Å². The lowest BCUT2D eigenvalue weighted by Gasteiger charge is -2.34. The molecular formula is C11H19F3N2O. The van der Waals surface area contributed by atoms with Gasteiger partial charge in [-0.25, -0.2) is 0 Å². The van der Waals surface area contributed by atoms with E-state index in [1.165, 1.54) is 0 Å². The molecule has 0 aromatic rings. The first kappa shape index (κ1) is 14.3. The summed E-state index contributed by atoms with van der Waals surface area (Å²) in [5, 5.41) is 2.49. The number of rotatable bonds is 3. The molecule has 0 radical (unpaired) electrons. The normalized spacial score (nSPS) is 27.6. The van der Waals surface area contributed by atoms with Crippen molar-refractivity contribution in [2.24, 2.45) is 17.6 Å². The van der Waals surface area contributed by atoms with Gasteiger partial charge in [0, 0.05) is 18.5 Å². The van der Waals surface area contributed by atoms with E-state index in [9.17, 15) is 18.0 Å². The highest BCUT2D eigenvalue weighted by molar-refractivity contribution is 5.78. The van der Waals surface area contributed by atoms with Crippen LogP contribution in [0.4, 0.5) is 13.2 Å². The van der Waals surface area contributed by atoms with Crippen molar-refractivity contribution < 1.29 is 18.0 Å². The van der Waals surface area contributed by atoms with E-state index in [0.717, 1.165) is 6.42 Å². The number of carbonyl (C=O) groups is 1. The summed E-state index contributed by atoms with van der Waals surface area (Å²) in [6.07, 6.45) is -2.43. The van der Waals surface area contributed by atoms with Gasteiger partial charge in [-0.3, -0.25) is 4.79 Å². The summed E-state index contributed by atoms with van der Waals surface area (Å²) >= 11 is 0. The van der Waals surface area contributed by atoms with Gasteiger partial charge < -0.3 is 11.1 Å². The molecule has 3 nitrogen and oxygen atoms in total. The van der Waals surface area contributed by atoms with E-state index in [0.29, 0.717) is 12.8 Å². The van der Waals surface area contributed by atoms with Crippen molar-refractivity contribution in [3.63, 3.8) is 0 Å². The standard InChI is InChI=1S/C11H19F3N2O/c1-7(6-15)10(17)16-9-5-3-2-4-8(9)11(12,13)14/h7-9H,2-6,15H2,1H3,(H,16,17). The Kier molecular flexibility index (Phi) is 4.80. The van der Waals surface area contributed by atoms with Gasteiger partial charge >= 0.3 is 6.18 Å². The molecule has 1 aliphatic carbocycles. The van der Waals surface area contributed by atoms with E-state index in [4.69, 9.17) is 5.73 Å². The zero-order chi connectivity index (χ0) is 13.1. The third-order valence-corrected chi connectivity index (χ3v) is 3.32. The van der Waals surface area contributed by atoms with E-state index >= 15 is 0 Å². The monoisotopic (exact) mass is 252 g/mol. The van der Waals surface area contributed by atoms with Crippen LogP contribution in [-0.2, 0) is 4.79 Å². The molecule has 0 heterocycles. The Hall–Kier alpha value is -0.780. The summed E-state index contributed by atoms with van der Waals surface area (Å²) < 4.78 is 38.2. The van der Waals surface area contributed by atoms with Crippen LogP contribution in [0.1, 0.15) is 32.6 Å². The quantitative estimate of drug-likeness (QED) is 0.805. The fourth-order valence-corrected chi connectivity index (χ4v) is 2.13. The third kappa shape index (κ3) is 3.87. The van der Waals surface area contributed by atoms with Gasteiger partial charge in [0.1, 0.15) is 0 Å². The highest BCUT2D eigenvalue weighted by Gasteiger charge is 2.46. The van der Waals surface area contributed by atoms with Gasteiger partial charge in [-0.1, -0.05) is 19.8 Å². The summed E-state index contributed by atoms with van der Waals surface area (Å²) in [5.74, 6) is -2.23. The number of nitrogens with one attached hydrogen (secondary N) is 1. The van der Waals surface area contributed by atoms with Crippen LogP contribution in [0, 0.1) is 11.8 Å². The lowest BCUT2D eigenvalue weighted by Crippen LogP contribution is -2.49. The van der Waals surface area contributed by atoms with Gasteiger partial charge in [0.25, 0.3) is 0 Å². The fourth-order valence-electron chi connectivity index (χ4n) is 2.13. The van der Waals surface area contributed by atoms with E-state index in [2.05, 4.69) is 5.32 Å². The predicted octanol–water partition coefficient (Wildman–Crippen LogP) is 1.82. The van der Waals surface area contributed by atoms with E-state index < -0.39 is 24.1 Å². The second kappa shape index (κ2) is 5.71. The number of hydrogen-bond donors (Lipinski definition) is 2. The van der Waals surface area contributed by atoms with Crippen LogP contribution < -0.4 is 11.1 Å². The molecule has 0 bridgehead atoms. The summed E-state index contributed by atoms with van der Waals surface area (Å²) in [5.41, 5.74) is 5.32. The van der Waals surface area contributed by atoms with Crippen LogP contribution in [0.5, 0.6) is 0 Å². The summed E-state index contributed by atoms with van der Waals surface area (Å²) in [7, 11) is 0. The maximum absolute atomic E-state index is 12.7. The maximum atomic E-state index is 12.7. The van der Waals surface area contributed by atoms with E-state index in [1.807, 2.05) is 0 Å². The number of alkyl halides is 3. The number of halogens is 3. The number of carbonyl (C=O) groups excluding carboxylic acids is 1. The zero-order valence-corrected chi connectivity index (χ0v) is 9.89. The smallest absolute Gasteiger partial charge is 0.352 e. The largest absolute Gasteiger partial charge is 0.393 e.